The molecule has 2 rings (SSSR count). The van der Waals surface area contributed by atoms with Gasteiger partial charge in [0.25, 0.3) is 0 Å². The van der Waals surface area contributed by atoms with Crippen molar-refractivity contribution in [3.8, 4) is 0 Å². The first-order valence-electron chi connectivity index (χ1n) is 6.08. The topological polar surface area (TPSA) is 101 Å². The van der Waals surface area contributed by atoms with Crippen molar-refractivity contribution >= 4 is 27.2 Å². The summed E-state index contributed by atoms with van der Waals surface area (Å²) in [7, 11) is -2.85. The van der Waals surface area contributed by atoms with Gasteiger partial charge in [0, 0.05) is 17.4 Å². The first kappa shape index (κ1) is 13.7. The minimum absolute atomic E-state index is 0.146. The molecule has 1 heterocycles. The molecule has 0 unspecified atom stereocenters. The molecule has 1 fully saturated rings. The summed E-state index contributed by atoms with van der Waals surface area (Å²) in [5.74, 6) is 0.452. The van der Waals surface area contributed by atoms with E-state index in [0.29, 0.717) is 18.5 Å². The van der Waals surface area contributed by atoms with E-state index in [1.165, 1.54) is 0 Å². The fraction of sp³-hybridized carbons (Fsp3) is 0.417. The lowest BCUT2D eigenvalue weighted by Crippen LogP contribution is -2.32. The summed E-state index contributed by atoms with van der Waals surface area (Å²) < 4.78 is 22.7. The van der Waals surface area contributed by atoms with Crippen LogP contribution in [0.1, 0.15) is 12.8 Å². The van der Waals surface area contributed by atoms with E-state index in [0.717, 1.165) is 5.69 Å². The van der Waals surface area contributed by atoms with E-state index in [9.17, 15) is 13.2 Å². The van der Waals surface area contributed by atoms with Gasteiger partial charge in [0.1, 0.15) is 9.84 Å². The SMILES string of the molecule is NC(=O)Nc1cccc(NC2CCS(=O)(=O)CC2)c1. The Morgan fingerprint density at radius 3 is 2.47 bits per heavy atom. The van der Waals surface area contributed by atoms with Crippen molar-refractivity contribution in [1.82, 2.24) is 0 Å². The summed E-state index contributed by atoms with van der Waals surface area (Å²) in [6, 6.07) is 6.71. The molecule has 1 aliphatic rings. The Morgan fingerprint density at radius 1 is 1.21 bits per heavy atom. The van der Waals surface area contributed by atoms with Crippen molar-refractivity contribution in [3.05, 3.63) is 24.3 Å². The Morgan fingerprint density at radius 2 is 1.84 bits per heavy atom. The van der Waals surface area contributed by atoms with E-state index in [1.807, 2.05) is 6.07 Å². The van der Waals surface area contributed by atoms with Gasteiger partial charge < -0.3 is 16.4 Å². The molecule has 1 aromatic rings. The van der Waals surface area contributed by atoms with Crippen LogP contribution in [0.15, 0.2) is 24.3 Å². The molecule has 104 valence electrons. The van der Waals surface area contributed by atoms with Gasteiger partial charge in [-0.15, -0.1) is 0 Å². The number of benzene rings is 1. The number of primary amides is 1. The lowest BCUT2D eigenvalue weighted by atomic mass is 10.1. The normalized spacial score (nSPS) is 18.7. The van der Waals surface area contributed by atoms with Gasteiger partial charge in [-0.1, -0.05) is 6.07 Å². The molecule has 0 aliphatic carbocycles. The molecular weight excluding hydrogens is 266 g/mol. The number of carbonyl (C=O) groups excluding carboxylic acids is 1. The number of sulfone groups is 1. The fourth-order valence-electron chi connectivity index (χ4n) is 2.10. The van der Waals surface area contributed by atoms with Gasteiger partial charge in [-0.3, -0.25) is 0 Å². The monoisotopic (exact) mass is 283 g/mol. The smallest absolute Gasteiger partial charge is 0.316 e. The van der Waals surface area contributed by atoms with Gasteiger partial charge in [0.2, 0.25) is 0 Å². The highest BCUT2D eigenvalue weighted by Crippen LogP contribution is 2.20. The second-order valence-corrected chi connectivity index (χ2v) is 6.94. The van der Waals surface area contributed by atoms with E-state index < -0.39 is 15.9 Å². The molecule has 1 saturated heterocycles. The molecule has 1 aliphatic heterocycles. The summed E-state index contributed by atoms with van der Waals surface area (Å²) >= 11 is 0. The van der Waals surface area contributed by atoms with E-state index in [2.05, 4.69) is 10.6 Å². The van der Waals surface area contributed by atoms with Gasteiger partial charge in [-0.25, -0.2) is 13.2 Å². The van der Waals surface area contributed by atoms with Crippen LogP contribution in [-0.4, -0.2) is 32.0 Å². The van der Waals surface area contributed by atoms with Crippen molar-refractivity contribution in [2.75, 3.05) is 22.1 Å². The van der Waals surface area contributed by atoms with Crippen LogP contribution in [0.3, 0.4) is 0 Å². The third kappa shape index (κ3) is 4.13. The van der Waals surface area contributed by atoms with E-state index >= 15 is 0 Å². The minimum atomic E-state index is -2.85. The molecule has 4 N–H and O–H groups in total. The second-order valence-electron chi connectivity index (χ2n) is 4.64. The predicted octanol–water partition coefficient (Wildman–Crippen LogP) is 1.17. The van der Waals surface area contributed by atoms with Crippen LogP contribution in [-0.2, 0) is 9.84 Å². The summed E-state index contributed by atoms with van der Waals surface area (Å²) in [4.78, 5) is 10.8. The second kappa shape index (κ2) is 5.48. The number of hydrogen-bond acceptors (Lipinski definition) is 4. The highest BCUT2D eigenvalue weighted by Gasteiger charge is 2.23. The van der Waals surface area contributed by atoms with E-state index in [1.54, 1.807) is 18.2 Å². The molecule has 0 aromatic heterocycles. The molecule has 1 aromatic carbocycles. The minimum Gasteiger partial charge on any atom is -0.382 e. The van der Waals surface area contributed by atoms with Crippen LogP contribution in [0.2, 0.25) is 0 Å². The van der Waals surface area contributed by atoms with Gasteiger partial charge in [0.15, 0.2) is 0 Å². The Labute approximate surface area is 112 Å². The number of rotatable bonds is 3. The summed E-state index contributed by atoms with van der Waals surface area (Å²) in [5, 5.41) is 5.77. The maximum Gasteiger partial charge on any atom is 0.316 e. The molecule has 0 atom stereocenters. The van der Waals surface area contributed by atoms with E-state index in [4.69, 9.17) is 5.73 Å². The Balaban J connectivity index is 1.98. The molecule has 0 radical (unpaired) electrons. The molecule has 0 saturated carbocycles. The van der Waals surface area contributed by atoms with Crippen molar-refractivity contribution in [1.29, 1.82) is 0 Å². The average Bonchev–Trinajstić information content (AvgIpc) is 2.32. The largest absolute Gasteiger partial charge is 0.382 e. The molecular formula is C12H17N3O3S. The quantitative estimate of drug-likeness (QED) is 0.775. The Hall–Kier alpha value is -1.76. The molecule has 7 heteroatoms. The van der Waals surface area contributed by atoms with Crippen LogP contribution in [0.4, 0.5) is 16.2 Å². The molecule has 2 amide bonds. The van der Waals surface area contributed by atoms with Crippen LogP contribution in [0.5, 0.6) is 0 Å². The molecule has 0 bridgehead atoms. The lowest BCUT2D eigenvalue weighted by molar-refractivity contribution is 0.259. The van der Waals surface area contributed by atoms with Crippen LogP contribution >= 0.6 is 0 Å². The number of hydrogen-bond donors (Lipinski definition) is 3. The first-order valence-corrected chi connectivity index (χ1v) is 7.90. The summed E-state index contributed by atoms with van der Waals surface area (Å²) in [5.41, 5.74) is 6.51. The first-order chi connectivity index (χ1) is 8.94. The third-order valence-corrected chi connectivity index (χ3v) is 4.77. The molecule has 6 nitrogen and oxygen atoms in total. The van der Waals surface area contributed by atoms with Gasteiger partial charge in [-0.05, 0) is 31.0 Å². The van der Waals surface area contributed by atoms with Crippen LogP contribution < -0.4 is 16.4 Å². The van der Waals surface area contributed by atoms with E-state index in [-0.39, 0.29) is 17.5 Å². The van der Waals surface area contributed by atoms with Gasteiger partial charge in [0.05, 0.1) is 11.5 Å². The Kier molecular flexibility index (Phi) is 3.94. The number of nitrogens with one attached hydrogen (secondary N) is 2. The highest BCUT2D eigenvalue weighted by molar-refractivity contribution is 7.91. The van der Waals surface area contributed by atoms with Crippen molar-refractivity contribution < 1.29 is 13.2 Å². The standard InChI is InChI=1S/C12H17N3O3S/c13-12(16)15-11-3-1-2-10(8-11)14-9-4-6-19(17,18)7-5-9/h1-3,8-9,14H,4-7H2,(H3,13,15,16). The lowest BCUT2D eigenvalue weighted by Gasteiger charge is -2.24. The zero-order valence-corrected chi connectivity index (χ0v) is 11.2. The molecule has 19 heavy (non-hydrogen) atoms. The van der Waals surface area contributed by atoms with Crippen LogP contribution in [0.25, 0.3) is 0 Å². The van der Waals surface area contributed by atoms with Gasteiger partial charge in [-0.2, -0.15) is 0 Å². The van der Waals surface area contributed by atoms with Crippen molar-refractivity contribution in [2.24, 2.45) is 5.73 Å². The maximum absolute atomic E-state index is 11.3. The average molecular weight is 283 g/mol. The maximum atomic E-state index is 11.3. The van der Waals surface area contributed by atoms with Crippen molar-refractivity contribution in [3.63, 3.8) is 0 Å². The third-order valence-electron chi connectivity index (χ3n) is 3.06. The number of amides is 2. The zero-order valence-electron chi connectivity index (χ0n) is 10.4. The van der Waals surface area contributed by atoms with Gasteiger partial charge >= 0.3 is 6.03 Å². The molecule has 0 spiro atoms. The summed E-state index contributed by atoms with van der Waals surface area (Å²) in [6.07, 6.45) is 1.21. The number of nitrogens with two attached hydrogens (primary N) is 1. The number of urea groups is 1. The predicted molar refractivity (Wildman–Crippen MR) is 74.9 cm³/mol. The highest BCUT2D eigenvalue weighted by atomic mass is 32.2. The Bertz CT molecular complexity index is 557. The number of carbonyl (C=O) groups is 1. The van der Waals surface area contributed by atoms with Crippen LogP contribution in [0, 0.1) is 0 Å². The van der Waals surface area contributed by atoms with Crippen molar-refractivity contribution in [2.45, 2.75) is 18.9 Å². The summed E-state index contributed by atoms with van der Waals surface area (Å²) in [6.45, 7) is 0. The zero-order chi connectivity index (χ0) is 13.9. The fourth-order valence-corrected chi connectivity index (χ4v) is 3.59. The number of anilines is 2.